The van der Waals surface area contributed by atoms with Gasteiger partial charge in [-0.25, -0.2) is 4.98 Å². The SMILES string of the molecule is CCOC(C)C(Cc1nc(C(C)(C)C)cs1)NN. The number of thiazole rings is 1. The van der Waals surface area contributed by atoms with Crippen LogP contribution in [0.25, 0.3) is 0 Å². The van der Waals surface area contributed by atoms with Gasteiger partial charge < -0.3 is 4.74 Å². The topological polar surface area (TPSA) is 60.2 Å². The third-order valence-corrected chi connectivity index (χ3v) is 3.80. The van der Waals surface area contributed by atoms with Crippen LogP contribution in [-0.2, 0) is 16.6 Å². The monoisotopic (exact) mass is 271 g/mol. The molecule has 3 N–H and O–H groups in total. The van der Waals surface area contributed by atoms with E-state index in [4.69, 9.17) is 10.6 Å². The van der Waals surface area contributed by atoms with Crippen molar-refractivity contribution in [2.24, 2.45) is 5.84 Å². The van der Waals surface area contributed by atoms with Crippen LogP contribution in [0.5, 0.6) is 0 Å². The molecule has 0 saturated heterocycles. The quantitative estimate of drug-likeness (QED) is 0.615. The first kappa shape index (κ1) is 15.6. The lowest BCUT2D eigenvalue weighted by atomic mass is 9.93. The molecule has 0 aliphatic heterocycles. The van der Waals surface area contributed by atoms with E-state index in [1.54, 1.807) is 11.3 Å². The van der Waals surface area contributed by atoms with Crippen LogP contribution in [0.4, 0.5) is 0 Å². The number of nitrogens with zero attached hydrogens (tertiary/aromatic N) is 1. The van der Waals surface area contributed by atoms with E-state index < -0.39 is 0 Å². The lowest BCUT2D eigenvalue weighted by Crippen LogP contribution is -2.45. The van der Waals surface area contributed by atoms with Crippen molar-refractivity contribution in [3.8, 4) is 0 Å². The van der Waals surface area contributed by atoms with Crippen molar-refractivity contribution in [1.82, 2.24) is 10.4 Å². The van der Waals surface area contributed by atoms with Gasteiger partial charge in [-0.05, 0) is 13.8 Å². The molecule has 18 heavy (non-hydrogen) atoms. The van der Waals surface area contributed by atoms with E-state index >= 15 is 0 Å². The fourth-order valence-corrected chi connectivity index (χ4v) is 2.76. The highest BCUT2D eigenvalue weighted by molar-refractivity contribution is 7.09. The Bertz CT molecular complexity index is 359. The molecule has 2 unspecified atom stereocenters. The van der Waals surface area contributed by atoms with Gasteiger partial charge in [-0.1, -0.05) is 20.8 Å². The van der Waals surface area contributed by atoms with Crippen LogP contribution in [0, 0.1) is 0 Å². The molecule has 1 rings (SSSR count). The van der Waals surface area contributed by atoms with Crippen molar-refractivity contribution in [2.75, 3.05) is 6.61 Å². The Morgan fingerprint density at radius 2 is 2.17 bits per heavy atom. The summed E-state index contributed by atoms with van der Waals surface area (Å²) in [4.78, 5) is 4.68. The molecule has 1 aromatic heterocycles. The second kappa shape index (κ2) is 6.61. The predicted molar refractivity (Wildman–Crippen MR) is 76.7 cm³/mol. The highest BCUT2D eigenvalue weighted by Gasteiger charge is 2.21. The molecular weight excluding hydrogens is 246 g/mol. The van der Waals surface area contributed by atoms with E-state index in [1.165, 1.54) is 0 Å². The van der Waals surface area contributed by atoms with Crippen molar-refractivity contribution in [3.63, 3.8) is 0 Å². The molecular formula is C13H25N3OS. The fraction of sp³-hybridized carbons (Fsp3) is 0.769. The second-order valence-electron chi connectivity index (χ2n) is 5.51. The van der Waals surface area contributed by atoms with E-state index in [2.05, 4.69) is 36.6 Å². The average molecular weight is 271 g/mol. The van der Waals surface area contributed by atoms with E-state index in [9.17, 15) is 0 Å². The van der Waals surface area contributed by atoms with Crippen LogP contribution in [0.3, 0.4) is 0 Å². The molecule has 0 aliphatic carbocycles. The summed E-state index contributed by atoms with van der Waals surface area (Å²) in [7, 11) is 0. The maximum atomic E-state index is 5.59. The highest BCUT2D eigenvalue weighted by Crippen LogP contribution is 2.24. The zero-order chi connectivity index (χ0) is 13.8. The van der Waals surface area contributed by atoms with E-state index in [-0.39, 0.29) is 17.6 Å². The Balaban J connectivity index is 2.68. The first-order chi connectivity index (χ1) is 8.38. The summed E-state index contributed by atoms with van der Waals surface area (Å²) in [5.74, 6) is 5.59. The number of hydrogen-bond donors (Lipinski definition) is 2. The molecule has 1 heterocycles. The third kappa shape index (κ3) is 4.31. The van der Waals surface area contributed by atoms with Gasteiger partial charge >= 0.3 is 0 Å². The Morgan fingerprint density at radius 3 is 2.61 bits per heavy atom. The second-order valence-corrected chi connectivity index (χ2v) is 6.46. The van der Waals surface area contributed by atoms with Gasteiger partial charge in [0.05, 0.1) is 22.8 Å². The van der Waals surface area contributed by atoms with Crippen LogP contribution in [-0.4, -0.2) is 23.7 Å². The summed E-state index contributed by atoms with van der Waals surface area (Å²) >= 11 is 1.69. The summed E-state index contributed by atoms with van der Waals surface area (Å²) in [5, 5.41) is 3.24. The van der Waals surface area contributed by atoms with Gasteiger partial charge in [0, 0.05) is 23.8 Å². The molecule has 5 heteroatoms. The van der Waals surface area contributed by atoms with E-state index in [1.807, 2.05) is 13.8 Å². The Labute approximate surface area is 114 Å². The molecule has 0 radical (unpaired) electrons. The normalized spacial score (nSPS) is 15.7. The smallest absolute Gasteiger partial charge is 0.0945 e. The Kier molecular flexibility index (Phi) is 5.72. The Morgan fingerprint density at radius 1 is 1.50 bits per heavy atom. The molecule has 0 aromatic carbocycles. The number of aromatic nitrogens is 1. The molecule has 2 atom stereocenters. The molecule has 0 fully saturated rings. The third-order valence-electron chi connectivity index (χ3n) is 2.92. The summed E-state index contributed by atoms with van der Waals surface area (Å²) in [6.45, 7) is 11.2. The predicted octanol–water partition coefficient (Wildman–Crippen LogP) is 2.24. The largest absolute Gasteiger partial charge is 0.377 e. The van der Waals surface area contributed by atoms with Crippen LogP contribution in [0.1, 0.15) is 45.3 Å². The first-order valence-electron chi connectivity index (χ1n) is 6.41. The standard InChI is InChI=1S/C13H25N3OS/c1-6-17-9(2)10(16-14)7-12-15-11(8-18-12)13(3,4)5/h8-10,16H,6-7,14H2,1-5H3. The Hall–Kier alpha value is -0.490. The van der Waals surface area contributed by atoms with Crippen molar-refractivity contribution in [3.05, 3.63) is 16.1 Å². The summed E-state index contributed by atoms with van der Waals surface area (Å²) < 4.78 is 5.58. The van der Waals surface area contributed by atoms with Gasteiger partial charge in [-0.2, -0.15) is 0 Å². The maximum Gasteiger partial charge on any atom is 0.0945 e. The zero-order valence-corrected chi connectivity index (χ0v) is 12.8. The molecule has 0 saturated carbocycles. The minimum atomic E-state index is 0.0852. The number of nitrogens with one attached hydrogen (secondary N) is 1. The average Bonchev–Trinajstić information content (AvgIpc) is 2.74. The first-order valence-corrected chi connectivity index (χ1v) is 7.29. The molecule has 0 spiro atoms. The van der Waals surface area contributed by atoms with Crippen LogP contribution < -0.4 is 11.3 Å². The molecule has 0 bridgehead atoms. The number of ether oxygens (including phenoxy) is 1. The van der Waals surface area contributed by atoms with Gasteiger partial charge in [0.1, 0.15) is 0 Å². The van der Waals surface area contributed by atoms with Gasteiger partial charge in [-0.3, -0.25) is 11.3 Å². The summed E-state index contributed by atoms with van der Waals surface area (Å²) in [6, 6.07) is 0.101. The number of nitrogens with two attached hydrogens (primary N) is 1. The minimum absolute atomic E-state index is 0.0852. The van der Waals surface area contributed by atoms with Crippen LogP contribution in [0.2, 0.25) is 0 Å². The lowest BCUT2D eigenvalue weighted by Gasteiger charge is -2.22. The van der Waals surface area contributed by atoms with Crippen molar-refractivity contribution in [1.29, 1.82) is 0 Å². The maximum absolute atomic E-state index is 5.59. The molecule has 0 amide bonds. The van der Waals surface area contributed by atoms with Gasteiger partial charge in [0.15, 0.2) is 0 Å². The van der Waals surface area contributed by atoms with E-state index in [0.29, 0.717) is 6.61 Å². The summed E-state index contributed by atoms with van der Waals surface area (Å²) in [6.07, 6.45) is 0.889. The van der Waals surface area contributed by atoms with Crippen molar-refractivity contribution in [2.45, 2.75) is 58.6 Å². The molecule has 0 aliphatic rings. The minimum Gasteiger partial charge on any atom is -0.377 e. The number of hydrazine groups is 1. The molecule has 4 nitrogen and oxygen atoms in total. The van der Waals surface area contributed by atoms with Crippen molar-refractivity contribution < 1.29 is 4.74 Å². The fourth-order valence-electron chi connectivity index (χ4n) is 1.68. The number of hydrogen-bond acceptors (Lipinski definition) is 5. The van der Waals surface area contributed by atoms with Crippen LogP contribution >= 0.6 is 11.3 Å². The molecule has 1 aromatic rings. The van der Waals surface area contributed by atoms with Gasteiger partial charge in [0.25, 0.3) is 0 Å². The zero-order valence-electron chi connectivity index (χ0n) is 12.0. The van der Waals surface area contributed by atoms with E-state index in [0.717, 1.165) is 17.1 Å². The summed E-state index contributed by atoms with van der Waals surface area (Å²) in [5.41, 5.74) is 4.07. The van der Waals surface area contributed by atoms with Gasteiger partial charge in [0.2, 0.25) is 0 Å². The van der Waals surface area contributed by atoms with Crippen molar-refractivity contribution >= 4 is 11.3 Å². The lowest BCUT2D eigenvalue weighted by molar-refractivity contribution is 0.0476. The highest BCUT2D eigenvalue weighted by atomic mass is 32.1. The molecule has 104 valence electrons. The van der Waals surface area contributed by atoms with Crippen LogP contribution in [0.15, 0.2) is 5.38 Å². The number of rotatable bonds is 6. The van der Waals surface area contributed by atoms with Gasteiger partial charge in [-0.15, -0.1) is 11.3 Å².